The number of halogens is 1. The van der Waals surface area contributed by atoms with E-state index in [1.807, 2.05) is 6.07 Å². The van der Waals surface area contributed by atoms with Crippen LogP contribution < -0.4 is 10.1 Å². The number of hydrogen-bond acceptors (Lipinski definition) is 6. The summed E-state index contributed by atoms with van der Waals surface area (Å²) in [6.45, 7) is 5.89. The Kier molecular flexibility index (Phi) is 6.08. The van der Waals surface area contributed by atoms with Gasteiger partial charge in [0.15, 0.2) is 5.82 Å². The zero-order chi connectivity index (χ0) is 21.0. The van der Waals surface area contributed by atoms with Crippen LogP contribution in [0.4, 0.5) is 4.39 Å². The predicted molar refractivity (Wildman–Crippen MR) is 117 cm³/mol. The summed E-state index contributed by atoms with van der Waals surface area (Å²) in [5.41, 5.74) is 2.29. The number of piperidine rings is 1. The van der Waals surface area contributed by atoms with E-state index < -0.39 is 0 Å². The number of ether oxygens (including phenoxy) is 1. The van der Waals surface area contributed by atoms with E-state index >= 15 is 0 Å². The van der Waals surface area contributed by atoms with Crippen molar-refractivity contribution in [1.82, 2.24) is 29.6 Å². The molecule has 0 bridgehead atoms. The third-order valence-electron chi connectivity index (χ3n) is 6.21. The molecule has 0 amide bonds. The van der Waals surface area contributed by atoms with Crippen molar-refractivity contribution in [1.29, 1.82) is 0 Å². The standard InChI is InChI=1S/C23H29FN6O/c24-18-5-6-21-26-15-20(30(21)16-18)23-27-19(12-17-4-3-7-25-14-17)13-22(28-23)31-11-10-29-8-1-2-9-29/h5-6,13,15-17,25H,1-4,7-12,14H2/t17-/m0/s1. The van der Waals surface area contributed by atoms with Gasteiger partial charge in [-0.05, 0) is 76.3 Å². The third kappa shape index (κ3) is 4.85. The minimum absolute atomic E-state index is 0.321. The first-order chi connectivity index (χ1) is 15.2. The van der Waals surface area contributed by atoms with Gasteiger partial charge in [-0.25, -0.2) is 14.4 Å². The summed E-state index contributed by atoms with van der Waals surface area (Å²) in [5, 5.41) is 3.47. The second kappa shape index (κ2) is 9.28. The minimum Gasteiger partial charge on any atom is -0.476 e. The highest BCUT2D eigenvalue weighted by molar-refractivity contribution is 5.57. The number of fused-ring (bicyclic) bond motifs is 1. The van der Waals surface area contributed by atoms with Gasteiger partial charge in [0.05, 0.1) is 6.20 Å². The average Bonchev–Trinajstić information content (AvgIpc) is 3.44. The molecule has 2 fully saturated rings. The minimum atomic E-state index is -0.321. The topological polar surface area (TPSA) is 67.6 Å². The summed E-state index contributed by atoms with van der Waals surface area (Å²) in [4.78, 5) is 16.3. The first-order valence-electron chi connectivity index (χ1n) is 11.3. The van der Waals surface area contributed by atoms with Crippen LogP contribution >= 0.6 is 0 Å². The molecule has 164 valence electrons. The van der Waals surface area contributed by atoms with Gasteiger partial charge in [-0.2, -0.15) is 4.98 Å². The Morgan fingerprint density at radius 3 is 2.90 bits per heavy atom. The highest BCUT2D eigenvalue weighted by atomic mass is 19.1. The van der Waals surface area contributed by atoms with Crippen LogP contribution in [-0.4, -0.2) is 63.6 Å². The van der Waals surface area contributed by atoms with Crippen molar-refractivity contribution >= 4 is 5.65 Å². The van der Waals surface area contributed by atoms with Crippen molar-refractivity contribution in [2.45, 2.75) is 32.1 Å². The summed E-state index contributed by atoms with van der Waals surface area (Å²) < 4.78 is 21.6. The smallest absolute Gasteiger partial charge is 0.217 e. The molecule has 0 radical (unpaired) electrons. The first kappa shape index (κ1) is 20.3. The zero-order valence-electron chi connectivity index (χ0n) is 17.8. The summed E-state index contributed by atoms with van der Waals surface area (Å²) in [6, 6.07) is 5.03. The summed E-state index contributed by atoms with van der Waals surface area (Å²) >= 11 is 0. The number of nitrogens with zero attached hydrogens (tertiary/aromatic N) is 5. The Labute approximate surface area is 181 Å². The SMILES string of the molecule is Fc1ccc2ncc(-c3nc(C[C@@H]4CCCNC4)cc(OCCN4CCCC4)n3)n2c1. The van der Waals surface area contributed by atoms with Gasteiger partial charge in [0.25, 0.3) is 0 Å². The molecule has 1 N–H and O–H groups in total. The monoisotopic (exact) mass is 424 g/mol. The Morgan fingerprint density at radius 2 is 2.06 bits per heavy atom. The van der Waals surface area contributed by atoms with Gasteiger partial charge in [0.1, 0.15) is 23.8 Å². The second-order valence-corrected chi connectivity index (χ2v) is 8.55. The summed E-state index contributed by atoms with van der Waals surface area (Å²) in [5.74, 6) is 1.33. The van der Waals surface area contributed by atoms with Gasteiger partial charge in [0, 0.05) is 24.5 Å². The quantitative estimate of drug-likeness (QED) is 0.629. The Bertz CT molecular complexity index is 1030. The number of nitrogens with one attached hydrogen (secondary N) is 1. The Morgan fingerprint density at radius 1 is 1.16 bits per heavy atom. The number of imidazole rings is 1. The van der Waals surface area contributed by atoms with Crippen molar-refractivity contribution in [2.24, 2.45) is 5.92 Å². The Hall–Kier alpha value is -2.58. The molecule has 0 aromatic carbocycles. The van der Waals surface area contributed by atoms with E-state index in [-0.39, 0.29) is 5.82 Å². The number of rotatable bonds is 7. The lowest BCUT2D eigenvalue weighted by Gasteiger charge is -2.22. The van der Waals surface area contributed by atoms with E-state index in [1.54, 1.807) is 16.7 Å². The maximum atomic E-state index is 13.9. The van der Waals surface area contributed by atoms with Crippen LogP contribution in [0.3, 0.4) is 0 Å². The molecule has 5 heterocycles. The predicted octanol–water partition coefficient (Wildman–Crippen LogP) is 2.95. The molecule has 0 spiro atoms. The fourth-order valence-corrected chi connectivity index (χ4v) is 4.57. The van der Waals surface area contributed by atoms with Crippen molar-refractivity contribution in [2.75, 3.05) is 39.3 Å². The second-order valence-electron chi connectivity index (χ2n) is 8.55. The molecular formula is C23H29FN6O. The molecule has 31 heavy (non-hydrogen) atoms. The lowest BCUT2D eigenvalue weighted by Crippen LogP contribution is -2.31. The molecule has 2 saturated heterocycles. The molecule has 2 aliphatic rings. The highest BCUT2D eigenvalue weighted by Crippen LogP contribution is 2.24. The van der Waals surface area contributed by atoms with Crippen LogP contribution in [0.25, 0.3) is 17.2 Å². The van der Waals surface area contributed by atoms with Crippen molar-refractivity contribution in [3.63, 3.8) is 0 Å². The van der Waals surface area contributed by atoms with E-state index in [0.29, 0.717) is 35.6 Å². The van der Waals surface area contributed by atoms with Crippen LogP contribution in [0.2, 0.25) is 0 Å². The molecule has 7 nitrogen and oxygen atoms in total. The molecular weight excluding hydrogens is 395 g/mol. The molecule has 2 aliphatic heterocycles. The lowest BCUT2D eigenvalue weighted by atomic mass is 9.94. The van der Waals surface area contributed by atoms with Gasteiger partial charge in [-0.15, -0.1) is 0 Å². The first-order valence-corrected chi connectivity index (χ1v) is 11.3. The van der Waals surface area contributed by atoms with Gasteiger partial charge < -0.3 is 10.1 Å². The molecule has 0 unspecified atom stereocenters. The third-order valence-corrected chi connectivity index (χ3v) is 6.21. The van der Waals surface area contributed by atoms with E-state index in [4.69, 9.17) is 9.72 Å². The van der Waals surface area contributed by atoms with Gasteiger partial charge in [0.2, 0.25) is 5.88 Å². The van der Waals surface area contributed by atoms with E-state index in [2.05, 4.69) is 20.2 Å². The van der Waals surface area contributed by atoms with Crippen molar-refractivity contribution < 1.29 is 9.13 Å². The lowest BCUT2D eigenvalue weighted by molar-refractivity contribution is 0.231. The molecule has 0 aliphatic carbocycles. The average molecular weight is 425 g/mol. The van der Waals surface area contributed by atoms with E-state index in [0.717, 1.165) is 44.8 Å². The number of hydrogen-bond donors (Lipinski definition) is 1. The maximum absolute atomic E-state index is 13.9. The largest absolute Gasteiger partial charge is 0.476 e. The van der Waals surface area contributed by atoms with Crippen LogP contribution in [-0.2, 0) is 6.42 Å². The van der Waals surface area contributed by atoms with E-state index in [9.17, 15) is 4.39 Å². The van der Waals surface area contributed by atoms with Crippen molar-refractivity contribution in [3.8, 4) is 17.4 Å². The normalized spacial score (nSPS) is 19.8. The molecule has 5 rings (SSSR count). The molecule has 3 aromatic rings. The summed E-state index contributed by atoms with van der Waals surface area (Å²) in [6.07, 6.45) is 8.91. The summed E-state index contributed by atoms with van der Waals surface area (Å²) in [7, 11) is 0. The number of likely N-dealkylation sites (tertiary alicyclic amines) is 1. The maximum Gasteiger partial charge on any atom is 0.217 e. The van der Waals surface area contributed by atoms with Crippen LogP contribution in [0.1, 0.15) is 31.4 Å². The molecule has 0 saturated carbocycles. The van der Waals surface area contributed by atoms with Crippen LogP contribution in [0, 0.1) is 11.7 Å². The van der Waals surface area contributed by atoms with Crippen LogP contribution in [0.5, 0.6) is 5.88 Å². The molecule has 3 aromatic heterocycles. The van der Waals surface area contributed by atoms with Gasteiger partial charge in [-0.3, -0.25) is 9.30 Å². The molecule has 8 heteroatoms. The Balaban J connectivity index is 1.42. The fraction of sp³-hybridized carbons (Fsp3) is 0.522. The van der Waals surface area contributed by atoms with E-state index in [1.165, 1.54) is 37.9 Å². The number of aromatic nitrogens is 4. The fourth-order valence-electron chi connectivity index (χ4n) is 4.57. The number of pyridine rings is 1. The van der Waals surface area contributed by atoms with Gasteiger partial charge in [-0.1, -0.05) is 0 Å². The zero-order valence-corrected chi connectivity index (χ0v) is 17.8. The van der Waals surface area contributed by atoms with Crippen LogP contribution in [0.15, 0.2) is 30.6 Å². The van der Waals surface area contributed by atoms with Gasteiger partial charge >= 0.3 is 0 Å². The molecule has 1 atom stereocenters. The highest BCUT2D eigenvalue weighted by Gasteiger charge is 2.18. The van der Waals surface area contributed by atoms with Crippen molar-refractivity contribution in [3.05, 3.63) is 42.1 Å².